The van der Waals surface area contributed by atoms with E-state index in [1.807, 2.05) is 6.92 Å². The first-order valence-electron chi connectivity index (χ1n) is 4.41. The maximum Gasteiger partial charge on any atom is 0.381 e. The molecule has 1 atom stereocenters. The van der Waals surface area contributed by atoms with Crippen molar-refractivity contribution in [2.24, 2.45) is 5.92 Å². The van der Waals surface area contributed by atoms with Crippen molar-refractivity contribution in [2.45, 2.75) is 39.5 Å². The SMILES string of the molecule is CCCCCC(C)C#CC(=O)O. The number of rotatable bonds is 4. The minimum atomic E-state index is -1.03. The molecule has 0 bridgehead atoms. The van der Waals surface area contributed by atoms with Crippen molar-refractivity contribution < 1.29 is 9.90 Å². The maximum atomic E-state index is 10.1. The number of hydrogen-bond donors (Lipinski definition) is 1. The van der Waals surface area contributed by atoms with Crippen molar-refractivity contribution in [3.63, 3.8) is 0 Å². The second-order valence-electron chi connectivity index (χ2n) is 2.97. The van der Waals surface area contributed by atoms with Gasteiger partial charge in [-0.2, -0.15) is 0 Å². The van der Waals surface area contributed by atoms with Gasteiger partial charge in [0.25, 0.3) is 0 Å². The molecule has 0 radical (unpaired) electrons. The van der Waals surface area contributed by atoms with Crippen molar-refractivity contribution in [1.29, 1.82) is 0 Å². The molecule has 1 N–H and O–H groups in total. The summed E-state index contributed by atoms with van der Waals surface area (Å²) in [6.07, 6.45) is 4.55. The Morgan fingerprint density at radius 2 is 2.17 bits per heavy atom. The molecule has 0 aromatic heterocycles. The minimum absolute atomic E-state index is 0.215. The molecule has 0 saturated heterocycles. The minimum Gasteiger partial charge on any atom is -0.472 e. The summed E-state index contributed by atoms with van der Waals surface area (Å²) in [4.78, 5) is 10.1. The first-order valence-corrected chi connectivity index (χ1v) is 4.41. The standard InChI is InChI=1S/C10H16O2/c1-3-4-5-6-9(2)7-8-10(11)12/h9H,3-6H2,1-2H3,(H,11,12). The van der Waals surface area contributed by atoms with E-state index in [0.29, 0.717) is 0 Å². The normalized spacial score (nSPS) is 11.5. The molecule has 68 valence electrons. The van der Waals surface area contributed by atoms with Crippen molar-refractivity contribution in [1.82, 2.24) is 0 Å². The summed E-state index contributed by atoms with van der Waals surface area (Å²) in [7, 11) is 0. The summed E-state index contributed by atoms with van der Waals surface area (Å²) in [5.74, 6) is 4.02. The molecule has 0 saturated carbocycles. The second kappa shape index (κ2) is 6.72. The summed E-state index contributed by atoms with van der Waals surface area (Å²) >= 11 is 0. The number of carboxylic acids is 1. The van der Waals surface area contributed by atoms with E-state index in [0.717, 1.165) is 12.8 Å². The van der Waals surface area contributed by atoms with Gasteiger partial charge in [-0.3, -0.25) is 0 Å². The molecular weight excluding hydrogens is 152 g/mol. The molecule has 0 amide bonds. The van der Waals surface area contributed by atoms with Crippen LogP contribution in [0.1, 0.15) is 39.5 Å². The Morgan fingerprint density at radius 1 is 1.50 bits per heavy atom. The number of unbranched alkanes of at least 4 members (excludes halogenated alkanes) is 2. The zero-order valence-corrected chi connectivity index (χ0v) is 7.76. The van der Waals surface area contributed by atoms with Gasteiger partial charge in [-0.15, -0.1) is 0 Å². The van der Waals surface area contributed by atoms with Crippen LogP contribution in [-0.2, 0) is 4.79 Å². The number of carboxylic acid groups (broad SMARTS) is 1. The smallest absolute Gasteiger partial charge is 0.381 e. The van der Waals surface area contributed by atoms with Crippen LogP contribution in [0.5, 0.6) is 0 Å². The number of carbonyl (C=O) groups is 1. The lowest BCUT2D eigenvalue weighted by atomic mass is 10.0. The summed E-state index contributed by atoms with van der Waals surface area (Å²) in [5, 5.41) is 8.26. The van der Waals surface area contributed by atoms with Crippen molar-refractivity contribution >= 4 is 5.97 Å². The van der Waals surface area contributed by atoms with Crippen LogP contribution in [0.15, 0.2) is 0 Å². The van der Waals surface area contributed by atoms with E-state index in [4.69, 9.17) is 5.11 Å². The van der Waals surface area contributed by atoms with Gasteiger partial charge in [-0.1, -0.05) is 39.0 Å². The van der Waals surface area contributed by atoms with Gasteiger partial charge in [0.2, 0.25) is 0 Å². The first-order chi connectivity index (χ1) is 5.66. The molecule has 0 aliphatic heterocycles. The monoisotopic (exact) mass is 168 g/mol. The lowest BCUT2D eigenvalue weighted by Gasteiger charge is -2.00. The predicted molar refractivity (Wildman–Crippen MR) is 48.7 cm³/mol. The molecule has 0 rings (SSSR count). The average molecular weight is 168 g/mol. The highest BCUT2D eigenvalue weighted by Crippen LogP contribution is 2.07. The van der Waals surface area contributed by atoms with E-state index in [1.54, 1.807) is 0 Å². The van der Waals surface area contributed by atoms with Gasteiger partial charge in [0.05, 0.1) is 0 Å². The Hall–Kier alpha value is -0.970. The molecule has 0 heterocycles. The molecule has 0 aromatic carbocycles. The second-order valence-corrected chi connectivity index (χ2v) is 2.97. The highest BCUT2D eigenvalue weighted by molar-refractivity contribution is 5.86. The van der Waals surface area contributed by atoms with Crippen LogP contribution in [0.3, 0.4) is 0 Å². The van der Waals surface area contributed by atoms with Crippen molar-refractivity contribution in [2.75, 3.05) is 0 Å². The molecule has 0 aliphatic rings. The number of hydrogen-bond acceptors (Lipinski definition) is 1. The van der Waals surface area contributed by atoms with E-state index in [9.17, 15) is 4.79 Å². The van der Waals surface area contributed by atoms with Crippen LogP contribution in [0.25, 0.3) is 0 Å². The van der Waals surface area contributed by atoms with Gasteiger partial charge in [0.15, 0.2) is 0 Å². The highest BCUT2D eigenvalue weighted by atomic mass is 16.4. The molecule has 0 aliphatic carbocycles. The van der Waals surface area contributed by atoms with Gasteiger partial charge in [-0.25, -0.2) is 4.79 Å². The van der Waals surface area contributed by atoms with Crippen LogP contribution in [-0.4, -0.2) is 11.1 Å². The molecule has 2 heteroatoms. The van der Waals surface area contributed by atoms with E-state index >= 15 is 0 Å². The molecular formula is C10H16O2. The largest absolute Gasteiger partial charge is 0.472 e. The molecule has 0 aromatic rings. The van der Waals surface area contributed by atoms with E-state index in [2.05, 4.69) is 18.8 Å². The summed E-state index contributed by atoms with van der Waals surface area (Å²) in [5.41, 5.74) is 0. The van der Waals surface area contributed by atoms with Crippen LogP contribution >= 0.6 is 0 Å². The fourth-order valence-electron chi connectivity index (χ4n) is 0.958. The quantitative estimate of drug-likeness (QED) is 0.516. The molecule has 1 unspecified atom stereocenters. The van der Waals surface area contributed by atoms with Crippen LogP contribution in [0.4, 0.5) is 0 Å². The van der Waals surface area contributed by atoms with Crippen LogP contribution < -0.4 is 0 Å². The average Bonchev–Trinajstić information content (AvgIpc) is 2.01. The van der Waals surface area contributed by atoms with E-state index in [-0.39, 0.29) is 5.92 Å². The Kier molecular flexibility index (Phi) is 6.18. The third-order valence-electron chi connectivity index (χ3n) is 1.67. The van der Waals surface area contributed by atoms with Gasteiger partial charge < -0.3 is 5.11 Å². The summed E-state index contributed by atoms with van der Waals surface area (Å²) < 4.78 is 0. The molecule has 2 nitrogen and oxygen atoms in total. The zero-order valence-electron chi connectivity index (χ0n) is 7.76. The third-order valence-corrected chi connectivity index (χ3v) is 1.67. The van der Waals surface area contributed by atoms with Gasteiger partial charge in [0.1, 0.15) is 0 Å². The highest BCUT2D eigenvalue weighted by Gasteiger charge is 1.96. The Morgan fingerprint density at radius 3 is 2.67 bits per heavy atom. The fraction of sp³-hybridized carbons (Fsp3) is 0.700. The van der Waals surface area contributed by atoms with Crippen molar-refractivity contribution in [3.05, 3.63) is 0 Å². The Bertz CT molecular complexity index is 186. The Balaban J connectivity index is 3.54. The van der Waals surface area contributed by atoms with Crippen LogP contribution in [0, 0.1) is 17.8 Å². The third kappa shape index (κ3) is 7.14. The Labute approximate surface area is 74.0 Å². The lowest BCUT2D eigenvalue weighted by Crippen LogP contribution is -1.93. The van der Waals surface area contributed by atoms with Gasteiger partial charge in [-0.05, 0) is 6.42 Å². The fourth-order valence-corrected chi connectivity index (χ4v) is 0.958. The molecule has 0 fully saturated rings. The zero-order chi connectivity index (χ0) is 9.40. The number of aliphatic carboxylic acids is 1. The van der Waals surface area contributed by atoms with Crippen LogP contribution in [0.2, 0.25) is 0 Å². The maximum absolute atomic E-state index is 10.1. The van der Waals surface area contributed by atoms with E-state index in [1.165, 1.54) is 12.8 Å². The van der Waals surface area contributed by atoms with Crippen molar-refractivity contribution in [3.8, 4) is 11.8 Å². The topological polar surface area (TPSA) is 37.3 Å². The van der Waals surface area contributed by atoms with E-state index < -0.39 is 5.97 Å². The van der Waals surface area contributed by atoms with Gasteiger partial charge >= 0.3 is 5.97 Å². The lowest BCUT2D eigenvalue weighted by molar-refractivity contribution is -0.130. The first kappa shape index (κ1) is 11.0. The summed E-state index contributed by atoms with van der Waals surface area (Å²) in [6, 6.07) is 0. The van der Waals surface area contributed by atoms with Gasteiger partial charge in [0, 0.05) is 11.8 Å². The predicted octanol–water partition coefficient (Wildman–Crippen LogP) is 2.29. The molecule has 12 heavy (non-hydrogen) atoms. The molecule has 0 spiro atoms. The summed E-state index contributed by atoms with van der Waals surface area (Å²) in [6.45, 7) is 4.11.